The first-order chi connectivity index (χ1) is 15.0. The van der Waals surface area contributed by atoms with Crippen LogP contribution in [0.2, 0.25) is 0 Å². The van der Waals surface area contributed by atoms with Gasteiger partial charge in [0.2, 0.25) is 0 Å². The molecule has 0 atom stereocenters. The molecule has 3 heteroatoms. The first-order valence-electron chi connectivity index (χ1n) is 10.8. The lowest BCUT2D eigenvalue weighted by atomic mass is 9.98. The van der Waals surface area contributed by atoms with E-state index in [9.17, 15) is 0 Å². The third kappa shape index (κ3) is 3.50. The summed E-state index contributed by atoms with van der Waals surface area (Å²) in [5.74, 6) is 0.605. The van der Waals surface area contributed by atoms with Crippen molar-refractivity contribution in [2.75, 3.05) is 0 Å². The molecule has 0 aliphatic rings. The molecule has 0 N–H and O–H groups in total. The molecule has 0 unspecified atom stereocenters. The van der Waals surface area contributed by atoms with Crippen LogP contribution in [-0.4, -0.2) is 9.97 Å². The molecule has 0 amide bonds. The Bertz CT molecular complexity index is 1410. The number of nitrogens with zero attached hydrogens (tertiary/aromatic N) is 2. The first kappa shape index (κ1) is 19.5. The highest BCUT2D eigenvalue weighted by molar-refractivity contribution is 6.10. The smallest absolute Gasteiger partial charge is 0.144 e. The summed E-state index contributed by atoms with van der Waals surface area (Å²) in [6, 6.07) is 19.0. The Kier molecular flexibility index (Phi) is 4.82. The summed E-state index contributed by atoms with van der Waals surface area (Å²) in [6.07, 6.45) is 4.79. The molecule has 0 aliphatic heterocycles. The number of rotatable bonds is 4. The number of aryl methyl sites for hydroxylation is 2. The minimum Gasteiger partial charge on any atom is -0.455 e. The maximum absolute atomic E-state index is 6.45. The van der Waals surface area contributed by atoms with E-state index in [1.165, 1.54) is 11.1 Å². The summed E-state index contributed by atoms with van der Waals surface area (Å²) >= 11 is 0. The van der Waals surface area contributed by atoms with Crippen LogP contribution in [0.15, 0.2) is 71.4 Å². The Hall–Kier alpha value is -3.46. The monoisotopic (exact) mass is 406 g/mol. The SMILES string of the molecule is Cc1cc2c(cc1-c1ncccc1C)oc1c(-c3cc(CC(C)C)ccn3)cccc12. The molecule has 0 fully saturated rings. The van der Waals surface area contributed by atoms with Crippen LogP contribution >= 0.6 is 0 Å². The molecule has 0 saturated carbocycles. The van der Waals surface area contributed by atoms with Crippen molar-refractivity contribution in [3.05, 3.63) is 83.7 Å². The molecule has 5 aromatic rings. The van der Waals surface area contributed by atoms with Crippen LogP contribution in [0, 0.1) is 19.8 Å². The lowest BCUT2D eigenvalue weighted by Gasteiger charge is -2.08. The molecule has 0 radical (unpaired) electrons. The van der Waals surface area contributed by atoms with Crippen LogP contribution in [0.5, 0.6) is 0 Å². The Morgan fingerprint density at radius 1 is 0.806 bits per heavy atom. The molecule has 2 aromatic carbocycles. The van der Waals surface area contributed by atoms with E-state index >= 15 is 0 Å². The van der Waals surface area contributed by atoms with Gasteiger partial charge in [0.1, 0.15) is 11.2 Å². The van der Waals surface area contributed by atoms with Crippen molar-refractivity contribution in [1.29, 1.82) is 0 Å². The van der Waals surface area contributed by atoms with Crippen molar-refractivity contribution < 1.29 is 4.42 Å². The molecule has 31 heavy (non-hydrogen) atoms. The maximum atomic E-state index is 6.45. The molecular formula is C28H26N2O. The van der Waals surface area contributed by atoms with E-state index in [2.05, 4.69) is 86.2 Å². The van der Waals surface area contributed by atoms with Crippen LogP contribution < -0.4 is 0 Å². The van der Waals surface area contributed by atoms with E-state index in [4.69, 9.17) is 4.42 Å². The summed E-state index contributed by atoms with van der Waals surface area (Å²) in [6.45, 7) is 8.72. The van der Waals surface area contributed by atoms with Gasteiger partial charge in [0.15, 0.2) is 0 Å². The van der Waals surface area contributed by atoms with Crippen LogP contribution in [0.1, 0.15) is 30.5 Å². The predicted octanol–water partition coefficient (Wildman–Crippen LogP) is 7.53. The summed E-state index contributed by atoms with van der Waals surface area (Å²) < 4.78 is 6.45. The van der Waals surface area contributed by atoms with Crippen molar-refractivity contribution in [2.45, 2.75) is 34.1 Å². The van der Waals surface area contributed by atoms with Gasteiger partial charge in [-0.25, -0.2) is 0 Å². The molecule has 3 aromatic heterocycles. The number of fused-ring (bicyclic) bond motifs is 3. The van der Waals surface area contributed by atoms with Gasteiger partial charge >= 0.3 is 0 Å². The Morgan fingerprint density at radius 2 is 1.68 bits per heavy atom. The quantitative estimate of drug-likeness (QED) is 0.310. The topological polar surface area (TPSA) is 38.9 Å². The molecule has 0 aliphatic carbocycles. The van der Waals surface area contributed by atoms with Crippen molar-refractivity contribution in [3.63, 3.8) is 0 Å². The highest BCUT2D eigenvalue weighted by Gasteiger charge is 2.16. The van der Waals surface area contributed by atoms with E-state index in [1.807, 2.05) is 18.5 Å². The molecule has 154 valence electrons. The van der Waals surface area contributed by atoms with Gasteiger partial charge in [0.25, 0.3) is 0 Å². The maximum Gasteiger partial charge on any atom is 0.144 e. The van der Waals surface area contributed by atoms with Crippen LogP contribution in [-0.2, 0) is 6.42 Å². The number of aromatic nitrogens is 2. The fraction of sp³-hybridized carbons (Fsp3) is 0.214. The van der Waals surface area contributed by atoms with Crippen molar-refractivity contribution in [1.82, 2.24) is 9.97 Å². The number of hydrogen-bond donors (Lipinski definition) is 0. The van der Waals surface area contributed by atoms with Gasteiger partial charge in [-0.2, -0.15) is 0 Å². The van der Waals surface area contributed by atoms with Gasteiger partial charge in [0, 0.05) is 34.3 Å². The minimum atomic E-state index is 0.605. The fourth-order valence-electron chi connectivity index (χ4n) is 4.40. The summed E-state index contributed by atoms with van der Waals surface area (Å²) in [5.41, 5.74) is 9.54. The predicted molar refractivity (Wildman–Crippen MR) is 128 cm³/mol. The second-order valence-corrected chi connectivity index (χ2v) is 8.76. The van der Waals surface area contributed by atoms with Gasteiger partial charge in [-0.3, -0.25) is 9.97 Å². The standard InChI is InChI=1S/C28H26N2O/c1-17(2)13-20-10-12-29-25(15-20)22-9-5-8-21-24-14-19(4)23(16-26(24)31-28(21)22)27-18(3)7-6-11-30-27/h5-12,14-17H,13H2,1-4H3. The van der Waals surface area contributed by atoms with E-state index in [1.54, 1.807) is 0 Å². The normalized spacial score (nSPS) is 11.6. The molecule has 0 spiro atoms. The highest BCUT2D eigenvalue weighted by Crippen LogP contribution is 2.38. The number of para-hydroxylation sites is 1. The highest BCUT2D eigenvalue weighted by atomic mass is 16.3. The number of pyridine rings is 2. The second-order valence-electron chi connectivity index (χ2n) is 8.76. The van der Waals surface area contributed by atoms with E-state index < -0.39 is 0 Å². The van der Waals surface area contributed by atoms with Gasteiger partial charge in [0.05, 0.1) is 11.4 Å². The van der Waals surface area contributed by atoms with Crippen LogP contribution in [0.25, 0.3) is 44.5 Å². The fourth-order valence-corrected chi connectivity index (χ4v) is 4.40. The van der Waals surface area contributed by atoms with Crippen molar-refractivity contribution >= 4 is 21.9 Å². The molecular weight excluding hydrogens is 380 g/mol. The van der Waals surface area contributed by atoms with Gasteiger partial charge in [-0.05, 0) is 79.3 Å². The largest absolute Gasteiger partial charge is 0.455 e. The molecule has 0 bridgehead atoms. The molecule has 5 rings (SSSR count). The van der Waals surface area contributed by atoms with Crippen LogP contribution in [0.3, 0.4) is 0 Å². The molecule has 3 heterocycles. The molecule has 0 saturated heterocycles. The average Bonchev–Trinajstić information content (AvgIpc) is 3.11. The zero-order chi connectivity index (χ0) is 21.5. The summed E-state index contributed by atoms with van der Waals surface area (Å²) in [5, 5.41) is 2.25. The zero-order valence-corrected chi connectivity index (χ0v) is 18.4. The van der Waals surface area contributed by atoms with Crippen molar-refractivity contribution in [2.24, 2.45) is 5.92 Å². The average molecular weight is 407 g/mol. The Morgan fingerprint density at radius 3 is 2.48 bits per heavy atom. The minimum absolute atomic E-state index is 0.605. The summed E-state index contributed by atoms with van der Waals surface area (Å²) in [7, 11) is 0. The summed E-state index contributed by atoms with van der Waals surface area (Å²) in [4.78, 5) is 9.28. The van der Waals surface area contributed by atoms with Gasteiger partial charge in [-0.1, -0.05) is 32.0 Å². The van der Waals surface area contributed by atoms with Crippen LogP contribution in [0.4, 0.5) is 0 Å². The lowest BCUT2D eigenvalue weighted by molar-refractivity contribution is 0.647. The molecule has 3 nitrogen and oxygen atoms in total. The van der Waals surface area contributed by atoms with E-state index in [0.717, 1.165) is 56.4 Å². The third-order valence-electron chi connectivity index (χ3n) is 5.85. The van der Waals surface area contributed by atoms with E-state index in [0.29, 0.717) is 5.92 Å². The second kappa shape index (κ2) is 7.66. The first-order valence-corrected chi connectivity index (χ1v) is 10.8. The third-order valence-corrected chi connectivity index (χ3v) is 5.85. The number of benzene rings is 2. The zero-order valence-electron chi connectivity index (χ0n) is 18.4. The number of furan rings is 1. The van der Waals surface area contributed by atoms with Gasteiger partial charge in [-0.15, -0.1) is 0 Å². The van der Waals surface area contributed by atoms with E-state index in [-0.39, 0.29) is 0 Å². The lowest BCUT2D eigenvalue weighted by Crippen LogP contribution is -1.95. The Balaban J connectivity index is 1.70. The number of hydrogen-bond acceptors (Lipinski definition) is 3. The van der Waals surface area contributed by atoms with Crippen molar-refractivity contribution in [3.8, 4) is 22.5 Å². The Labute approximate surface area is 182 Å². The van der Waals surface area contributed by atoms with Gasteiger partial charge < -0.3 is 4.42 Å².